The molecule has 6 rings (SSSR count). The molecule has 0 aliphatic rings. The number of aryl methyl sites for hydroxylation is 4. The minimum Gasteiger partial charge on any atom is -0.508 e. The molecule has 3 N–H and O–H groups in total. The van der Waals surface area contributed by atoms with E-state index in [1.165, 1.54) is 0 Å². The Hall–Kier alpha value is -7.47. The Kier molecular flexibility index (Phi) is 16.5. The van der Waals surface area contributed by atoms with E-state index in [1.807, 2.05) is 100 Å². The number of rotatable bonds is 9. The Morgan fingerprint density at radius 1 is 0.377 bits per heavy atom. The third-order valence-electron chi connectivity index (χ3n) is 10.4. The predicted molar refractivity (Wildman–Crippen MR) is 265 cm³/mol. The number of ether oxygens (including phenoxy) is 6. The highest BCUT2D eigenvalue weighted by Crippen LogP contribution is 2.39. The minimum absolute atomic E-state index is 0.0517. The summed E-state index contributed by atoms with van der Waals surface area (Å²) in [6, 6.07) is 36.5. The van der Waals surface area contributed by atoms with Crippen LogP contribution < -0.4 is 14.2 Å². The average molecular weight is 941 g/mol. The van der Waals surface area contributed by atoms with Crippen LogP contribution in [0.5, 0.6) is 34.5 Å². The summed E-state index contributed by atoms with van der Waals surface area (Å²) in [5.74, 6) is 1.52. The summed E-state index contributed by atoms with van der Waals surface area (Å²) in [6.07, 6.45) is -2.36. The van der Waals surface area contributed by atoms with Crippen molar-refractivity contribution in [2.24, 2.45) is 0 Å². The topological polar surface area (TPSA) is 167 Å². The Balaban J connectivity index is 0.000000309. The molecule has 0 fully saturated rings. The molecule has 0 atom stereocenters. The Morgan fingerprint density at radius 3 is 0.986 bits per heavy atom. The maximum absolute atomic E-state index is 12.3. The molecule has 6 aromatic rings. The third-order valence-corrected chi connectivity index (χ3v) is 10.4. The molecule has 0 unspecified atom stereocenters. The zero-order chi connectivity index (χ0) is 51.0. The normalized spacial score (nSPS) is 11.6. The first-order valence-corrected chi connectivity index (χ1v) is 22.6. The molecule has 0 amide bonds. The number of hydrogen-bond donors (Lipinski definition) is 3. The highest BCUT2D eigenvalue weighted by molar-refractivity contribution is 5.67. The fourth-order valence-electron chi connectivity index (χ4n) is 7.29. The van der Waals surface area contributed by atoms with Crippen molar-refractivity contribution in [3.8, 4) is 34.5 Å². The second-order valence-electron chi connectivity index (χ2n) is 19.9. The van der Waals surface area contributed by atoms with E-state index in [-0.39, 0.29) is 29.1 Å². The molecule has 0 aliphatic carbocycles. The minimum atomic E-state index is -0.792. The van der Waals surface area contributed by atoms with Crippen LogP contribution in [-0.2, 0) is 14.2 Å². The molecule has 12 nitrogen and oxygen atoms in total. The van der Waals surface area contributed by atoms with Crippen LogP contribution in [0.1, 0.15) is 130 Å². The maximum Gasteiger partial charge on any atom is 0.514 e. The molecule has 0 saturated heterocycles. The fourth-order valence-corrected chi connectivity index (χ4v) is 7.29. The van der Waals surface area contributed by atoms with Gasteiger partial charge in [0.05, 0.1) is 0 Å². The Bertz CT molecular complexity index is 2620. The van der Waals surface area contributed by atoms with Crippen LogP contribution in [0, 0.1) is 27.7 Å². The lowest BCUT2D eigenvalue weighted by atomic mass is 9.84. The van der Waals surface area contributed by atoms with Gasteiger partial charge in [-0.25, -0.2) is 14.4 Å². The SMILES string of the molecule is Cc1cc(C(c2ccc(O)cc2)c2ccc(O)c(C)c2)ccc1O.Cc1cc(C(c2ccc(OC(=O)OC(C)(C)C)cc2)c2ccc(OC(=O)OC(C)(C)C)c(C)c2)ccc1OC(=O)OC(C)(C)C. The van der Waals surface area contributed by atoms with Gasteiger partial charge in [0.25, 0.3) is 0 Å². The number of benzene rings is 6. The van der Waals surface area contributed by atoms with Crippen molar-refractivity contribution in [3.63, 3.8) is 0 Å². The molecule has 364 valence electrons. The average Bonchev–Trinajstić information content (AvgIpc) is 3.22. The van der Waals surface area contributed by atoms with E-state index in [0.717, 1.165) is 55.6 Å². The third kappa shape index (κ3) is 15.5. The first-order valence-electron chi connectivity index (χ1n) is 22.6. The standard InChI is InChI=1S/C36H44O9.C21H20O3/c1-22-20-25(14-18-28(22)41-32(38)44-35(6,7)8)30(24-12-16-27(17-13-24)40-31(37)43-34(3,4)5)26-15-19-29(23(2)21-26)42-33(39)45-36(9,10)11;1-13-11-16(5-9-19(13)23)21(15-3-7-18(22)8-4-15)17-6-10-20(24)14(2)12-17/h12-21,30H,1-11H3;3-12,21-24H,1-2H3. The van der Waals surface area contributed by atoms with Crippen LogP contribution in [0.25, 0.3) is 0 Å². The molecule has 0 heterocycles. The highest BCUT2D eigenvalue weighted by Gasteiger charge is 2.25. The maximum atomic E-state index is 12.3. The van der Waals surface area contributed by atoms with Crippen molar-refractivity contribution in [1.82, 2.24) is 0 Å². The first kappa shape index (κ1) is 52.5. The van der Waals surface area contributed by atoms with Crippen LogP contribution in [0.3, 0.4) is 0 Å². The van der Waals surface area contributed by atoms with Gasteiger partial charge in [-0.3, -0.25) is 0 Å². The number of aromatic hydroxyl groups is 3. The monoisotopic (exact) mass is 940 g/mol. The highest BCUT2D eigenvalue weighted by atomic mass is 16.7. The summed E-state index contributed by atoms with van der Waals surface area (Å²) in [5.41, 5.74) is 6.85. The van der Waals surface area contributed by atoms with Crippen LogP contribution in [0.4, 0.5) is 14.4 Å². The second-order valence-corrected chi connectivity index (χ2v) is 19.9. The van der Waals surface area contributed by atoms with Gasteiger partial charge in [0.1, 0.15) is 51.3 Å². The lowest BCUT2D eigenvalue weighted by molar-refractivity contribution is 0.0191. The van der Waals surface area contributed by atoms with Crippen LogP contribution >= 0.6 is 0 Å². The van der Waals surface area contributed by atoms with Gasteiger partial charge in [-0.05, 0) is 194 Å². The van der Waals surface area contributed by atoms with Crippen molar-refractivity contribution in [2.75, 3.05) is 0 Å². The van der Waals surface area contributed by atoms with Crippen molar-refractivity contribution in [2.45, 2.75) is 119 Å². The lowest BCUT2D eigenvalue weighted by Crippen LogP contribution is -2.26. The molecule has 0 aromatic heterocycles. The first-order chi connectivity index (χ1) is 32.1. The predicted octanol–water partition coefficient (Wildman–Crippen LogP) is 14.0. The summed E-state index contributed by atoms with van der Waals surface area (Å²) in [5, 5.41) is 29.2. The van der Waals surface area contributed by atoms with E-state index in [4.69, 9.17) is 28.4 Å². The quantitative estimate of drug-likeness (QED) is 0.0544. The molecule has 6 aromatic carbocycles. The van der Waals surface area contributed by atoms with Gasteiger partial charge in [0, 0.05) is 11.8 Å². The number of phenolic OH excluding ortho intramolecular Hbond substituents is 3. The van der Waals surface area contributed by atoms with Gasteiger partial charge in [0.15, 0.2) is 0 Å². The van der Waals surface area contributed by atoms with E-state index in [2.05, 4.69) is 0 Å². The molecule has 0 spiro atoms. The second kappa shape index (κ2) is 21.7. The van der Waals surface area contributed by atoms with Crippen LogP contribution in [0.2, 0.25) is 0 Å². The van der Waals surface area contributed by atoms with Gasteiger partial charge >= 0.3 is 18.5 Å². The van der Waals surface area contributed by atoms with E-state index in [1.54, 1.807) is 111 Å². The van der Waals surface area contributed by atoms with Crippen molar-refractivity contribution in [3.05, 3.63) is 177 Å². The molecule has 0 radical (unpaired) electrons. The molecule has 0 bridgehead atoms. The summed E-state index contributed by atoms with van der Waals surface area (Å²) in [4.78, 5) is 36.8. The van der Waals surface area contributed by atoms with Gasteiger partial charge in [-0.1, -0.05) is 72.8 Å². The zero-order valence-electron chi connectivity index (χ0n) is 41.7. The zero-order valence-corrected chi connectivity index (χ0v) is 41.7. The molecule has 0 aliphatic heterocycles. The largest absolute Gasteiger partial charge is 0.514 e. The van der Waals surface area contributed by atoms with Gasteiger partial charge in [-0.2, -0.15) is 0 Å². The molecule has 0 saturated carbocycles. The van der Waals surface area contributed by atoms with Crippen molar-refractivity contribution < 1.29 is 58.1 Å². The van der Waals surface area contributed by atoms with Crippen LogP contribution in [0.15, 0.2) is 121 Å². The van der Waals surface area contributed by atoms with Crippen LogP contribution in [-0.4, -0.2) is 50.6 Å². The molecule has 12 heteroatoms. The number of hydrogen-bond acceptors (Lipinski definition) is 12. The van der Waals surface area contributed by atoms with Gasteiger partial charge < -0.3 is 43.7 Å². The van der Waals surface area contributed by atoms with E-state index < -0.39 is 35.3 Å². The molecular formula is C57H64O12. The Morgan fingerprint density at radius 2 is 0.667 bits per heavy atom. The number of phenols is 3. The summed E-state index contributed by atoms with van der Waals surface area (Å²) >= 11 is 0. The summed E-state index contributed by atoms with van der Waals surface area (Å²) in [7, 11) is 0. The van der Waals surface area contributed by atoms with E-state index in [0.29, 0.717) is 17.2 Å². The van der Waals surface area contributed by atoms with E-state index >= 15 is 0 Å². The molecule has 69 heavy (non-hydrogen) atoms. The van der Waals surface area contributed by atoms with E-state index in [9.17, 15) is 29.7 Å². The number of carbonyl (C=O) groups is 3. The lowest BCUT2D eigenvalue weighted by Gasteiger charge is -2.23. The van der Waals surface area contributed by atoms with Crippen molar-refractivity contribution >= 4 is 18.5 Å². The fraction of sp³-hybridized carbons (Fsp3) is 0.316. The van der Waals surface area contributed by atoms with Gasteiger partial charge in [0.2, 0.25) is 0 Å². The summed E-state index contributed by atoms with van der Waals surface area (Å²) < 4.78 is 32.2. The Labute approximate surface area is 405 Å². The molecular weight excluding hydrogens is 877 g/mol. The number of carbonyl (C=O) groups excluding carboxylic acids is 3. The smallest absolute Gasteiger partial charge is 0.508 e. The summed E-state index contributed by atoms with van der Waals surface area (Å²) in [6.45, 7) is 23.3. The van der Waals surface area contributed by atoms with Gasteiger partial charge in [-0.15, -0.1) is 0 Å². The van der Waals surface area contributed by atoms with Crippen molar-refractivity contribution in [1.29, 1.82) is 0 Å².